The van der Waals surface area contributed by atoms with Crippen molar-refractivity contribution in [2.75, 3.05) is 13.1 Å². The highest BCUT2D eigenvalue weighted by molar-refractivity contribution is 5.79. The molecule has 2 aliphatic rings. The van der Waals surface area contributed by atoms with E-state index in [9.17, 15) is 4.79 Å². The first-order chi connectivity index (χ1) is 7.57. The molecule has 0 spiro atoms. The zero-order valence-corrected chi connectivity index (χ0v) is 10.5. The average Bonchev–Trinajstić information content (AvgIpc) is 2.59. The van der Waals surface area contributed by atoms with Gasteiger partial charge in [-0.3, -0.25) is 4.79 Å². The van der Waals surface area contributed by atoms with E-state index in [-0.39, 0.29) is 11.8 Å². The summed E-state index contributed by atoms with van der Waals surface area (Å²) in [6.45, 7) is 6.52. The van der Waals surface area contributed by atoms with Crippen molar-refractivity contribution in [3.63, 3.8) is 0 Å². The molecule has 0 aromatic rings. The van der Waals surface area contributed by atoms with Crippen LogP contribution in [0.1, 0.15) is 46.0 Å². The molecule has 0 bridgehead atoms. The van der Waals surface area contributed by atoms with Crippen LogP contribution in [0, 0.1) is 11.3 Å². The summed E-state index contributed by atoms with van der Waals surface area (Å²) in [6, 6.07) is 0.421. The summed E-state index contributed by atoms with van der Waals surface area (Å²) < 4.78 is 0. The third kappa shape index (κ3) is 2.97. The standard InChI is InChI=1S/C13H24N2O/c1-13(2)6-5-11(8-13)15-12(16)10-4-3-7-14-9-10/h10-11,14H,3-9H2,1-2H3,(H,15,16)/t10-,11?/m0/s1. The Balaban J connectivity index is 1.79. The first-order valence-corrected chi connectivity index (χ1v) is 6.58. The number of nitrogens with one attached hydrogen (secondary N) is 2. The molecule has 1 aliphatic heterocycles. The molecule has 2 atom stereocenters. The van der Waals surface area contributed by atoms with Crippen LogP contribution in [0.5, 0.6) is 0 Å². The maximum absolute atomic E-state index is 12.0. The lowest BCUT2D eigenvalue weighted by atomic mass is 9.91. The SMILES string of the molecule is CC1(C)CCC(NC(=O)[C@H]2CCCNC2)C1. The van der Waals surface area contributed by atoms with Crippen LogP contribution >= 0.6 is 0 Å². The molecule has 0 aromatic carbocycles. The molecule has 1 saturated carbocycles. The van der Waals surface area contributed by atoms with E-state index >= 15 is 0 Å². The van der Waals surface area contributed by atoms with Gasteiger partial charge in [-0.25, -0.2) is 0 Å². The van der Waals surface area contributed by atoms with Gasteiger partial charge < -0.3 is 10.6 Å². The second-order valence-corrected chi connectivity index (χ2v) is 6.16. The molecule has 1 heterocycles. The van der Waals surface area contributed by atoms with E-state index in [4.69, 9.17) is 0 Å². The summed E-state index contributed by atoms with van der Waals surface area (Å²) in [5.74, 6) is 0.479. The summed E-state index contributed by atoms with van der Waals surface area (Å²) in [7, 11) is 0. The van der Waals surface area contributed by atoms with Gasteiger partial charge in [-0.15, -0.1) is 0 Å². The minimum atomic E-state index is 0.206. The van der Waals surface area contributed by atoms with Crippen molar-refractivity contribution in [1.82, 2.24) is 10.6 Å². The van der Waals surface area contributed by atoms with Crippen LogP contribution in [0.3, 0.4) is 0 Å². The van der Waals surface area contributed by atoms with E-state index in [0.717, 1.165) is 38.8 Å². The zero-order chi connectivity index (χ0) is 11.6. The van der Waals surface area contributed by atoms with Gasteiger partial charge in [0.25, 0.3) is 0 Å². The Morgan fingerprint density at radius 1 is 1.38 bits per heavy atom. The molecule has 3 nitrogen and oxygen atoms in total. The highest BCUT2D eigenvalue weighted by Crippen LogP contribution is 2.37. The van der Waals surface area contributed by atoms with E-state index < -0.39 is 0 Å². The maximum atomic E-state index is 12.0. The minimum absolute atomic E-state index is 0.206. The number of hydrogen-bond acceptors (Lipinski definition) is 2. The van der Waals surface area contributed by atoms with Crippen molar-refractivity contribution in [2.24, 2.45) is 11.3 Å². The molecule has 1 amide bonds. The Kier molecular flexibility index (Phi) is 3.53. The fourth-order valence-electron chi connectivity index (χ4n) is 2.95. The number of carbonyl (C=O) groups excluding carboxylic acids is 1. The number of carbonyl (C=O) groups is 1. The molecule has 3 heteroatoms. The molecular weight excluding hydrogens is 200 g/mol. The topological polar surface area (TPSA) is 41.1 Å². The van der Waals surface area contributed by atoms with Crippen LogP contribution in [0.2, 0.25) is 0 Å². The molecule has 1 saturated heterocycles. The van der Waals surface area contributed by atoms with Gasteiger partial charge in [-0.1, -0.05) is 13.8 Å². The Hall–Kier alpha value is -0.570. The van der Waals surface area contributed by atoms with Gasteiger partial charge in [0.2, 0.25) is 5.91 Å². The molecule has 2 fully saturated rings. The number of rotatable bonds is 2. The zero-order valence-electron chi connectivity index (χ0n) is 10.5. The van der Waals surface area contributed by atoms with Crippen LogP contribution < -0.4 is 10.6 Å². The molecule has 1 unspecified atom stereocenters. The summed E-state index contributed by atoms with van der Waals surface area (Å²) in [5, 5.41) is 6.52. The van der Waals surface area contributed by atoms with Gasteiger partial charge in [-0.2, -0.15) is 0 Å². The smallest absolute Gasteiger partial charge is 0.224 e. The van der Waals surface area contributed by atoms with Crippen LogP contribution in [-0.2, 0) is 4.79 Å². The second-order valence-electron chi connectivity index (χ2n) is 6.16. The molecule has 0 aromatic heterocycles. The molecule has 92 valence electrons. The van der Waals surface area contributed by atoms with Crippen LogP contribution in [-0.4, -0.2) is 25.0 Å². The largest absolute Gasteiger partial charge is 0.353 e. The Bertz CT molecular complexity index is 257. The highest BCUT2D eigenvalue weighted by atomic mass is 16.2. The second kappa shape index (κ2) is 4.74. The monoisotopic (exact) mass is 224 g/mol. The minimum Gasteiger partial charge on any atom is -0.353 e. The van der Waals surface area contributed by atoms with Crippen molar-refractivity contribution in [1.29, 1.82) is 0 Å². The van der Waals surface area contributed by atoms with Gasteiger partial charge in [0, 0.05) is 12.6 Å². The maximum Gasteiger partial charge on any atom is 0.224 e. The predicted molar refractivity (Wildman–Crippen MR) is 65.2 cm³/mol. The molecule has 16 heavy (non-hydrogen) atoms. The Morgan fingerprint density at radius 3 is 2.75 bits per heavy atom. The number of piperidine rings is 1. The van der Waals surface area contributed by atoms with Crippen LogP contribution in [0.4, 0.5) is 0 Å². The van der Waals surface area contributed by atoms with Crippen LogP contribution in [0.15, 0.2) is 0 Å². The number of hydrogen-bond donors (Lipinski definition) is 2. The summed E-state index contributed by atoms with van der Waals surface area (Å²) >= 11 is 0. The van der Waals surface area contributed by atoms with Crippen molar-refractivity contribution in [3.8, 4) is 0 Å². The molecule has 2 rings (SSSR count). The fraction of sp³-hybridized carbons (Fsp3) is 0.923. The van der Waals surface area contributed by atoms with Gasteiger partial charge in [0.1, 0.15) is 0 Å². The van der Waals surface area contributed by atoms with Gasteiger partial charge in [0.05, 0.1) is 5.92 Å². The fourth-order valence-corrected chi connectivity index (χ4v) is 2.95. The Morgan fingerprint density at radius 2 is 2.19 bits per heavy atom. The van der Waals surface area contributed by atoms with E-state index in [1.807, 2.05) is 0 Å². The first-order valence-electron chi connectivity index (χ1n) is 6.58. The van der Waals surface area contributed by atoms with Gasteiger partial charge in [0.15, 0.2) is 0 Å². The number of amides is 1. The average molecular weight is 224 g/mol. The van der Waals surface area contributed by atoms with Crippen molar-refractivity contribution in [2.45, 2.75) is 52.0 Å². The summed E-state index contributed by atoms with van der Waals surface area (Å²) in [6.07, 6.45) is 5.71. The lowest BCUT2D eigenvalue weighted by Crippen LogP contribution is -2.43. The summed E-state index contributed by atoms with van der Waals surface area (Å²) in [4.78, 5) is 12.0. The van der Waals surface area contributed by atoms with E-state index in [1.165, 1.54) is 6.42 Å². The normalized spacial score (nSPS) is 33.6. The molecule has 1 aliphatic carbocycles. The Labute approximate surface area is 98.4 Å². The van der Waals surface area contributed by atoms with Crippen molar-refractivity contribution >= 4 is 5.91 Å². The molecule has 2 N–H and O–H groups in total. The molecule has 0 radical (unpaired) electrons. The van der Waals surface area contributed by atoms with Gasteiger partial charge >= 0.3 is 0 Å². The van der Waals surface area contributed by atoms with Crippen molar-refractivity contribution in [3.05, 3.63) is 0 Å². The van der Waals surface area contributed by atoms with E-state index in [0.29, 0.717) is 11.5 Å². The first kappa shape index (κ1) is 11.9. The van der Waals surface area contributed by atoms with Crippen molar-refractivity contribution < 1.29 is 4.79 Å². The third-order valence-corrected chi connectivity index (χ3v) is 3.98. The lowest BCUT2D eigenvalue weighted by Gasteiger charge is -2.24. The van der Waals surface area contributed by atoms with Gasteiger partial charge in [-0.05, 0) is 44.1 Å². The quantitative estimate of drug-likeness (QED) is 0.749. The molecular formula is C13H24N2O. The van der Waals surface area contributed by atoms with Crippen LogP contribution in [0.25, 0.3) is 0 Å². The lowest BCUT2D eigenvalue weighted by molar-refractivity contribution is -0.126. The predicted octanol–water partition coefficient (Wildman–Crippen LogP) is 1.68. The third-order valence-electron chi connectivity index (χ3n) is 3.98. The van der Waals surface area contributed by atoms with E-state index in [2.05, 4.69) is 24.5 Å². The highest BCUT2D eigenvalue weighted by Gasteiger charge is 2.33. The summed E-state index contributed by atoms with van der Waals surface area (Å²) in [5.41, 5.74) is 0.419. The van der Waals surface area contributed by atoms with E-state index in [1.54, 1.807) is 0 Å².